The zero-order chi connectivity index (χ0) is 14.8. The number of piperazine rings is 1. The molecule has 0 unspecified atom stereocenters. The third-order valence-electron chi connectivity index (χ3n) is 3.65. The molecule has 0 bridgehead atoms. The molecule has 2 rings (SSSR count). The molecule has 1 aliphatic heterocycles. The molecule has 2 N–H and O–H groups in total. The van der Waals surface area contributed by atoms with E-state index in [0.29, 0.717) is 24.3 Å². The van der Waals surface area contributed by atoms with Crippen molar-refractivity contribution < 1.29 is 13.5 Å². The zero-order valence-corrected chi connectivity index (χ0v) is 12.8. The molecule has 1 fully saturated rings. The predicted molar refractivity (Wildman–Crippen MR) is 74.7 cm³/mol. The Kier molecular flexibility index (Phi) is 4.79. The average molecular weight is 302 g/mol. The largest absolute Gasteiger partial charge is 0.392 e. The lowest BCUT2D eigenvalue weighted by Gasteiger charge is -2.33. The summed E-state index contributed by atoms with van der Waals surface area (Å²) < 4.78 is 26.6. The van der Waals surface area contributed by atoms with E-state index in [2.05, 4.69) is 22.0 Å². The number of nitrogens with zero attached hydrogens (tertiary/aromatic N) is 3. The van der Waals surface area contributed by atoms with Crippen LogP contribution in [-0.4, -0.2) is 65.7 Å². The number of hydrogen-bond donors (Lipinski definition) is 2. The second-order valence-corrected chi connectivity index (χ2v) is 6.89. The summed E-state index contributed by atoms with van der Waals surface area (Å²) in [6.07, 6.45) is 1.07. The smallest absolute Gasteiger partial charge is 0.262 e. The maximum Gasteiger partial charge on any atom is 0.262 e. The number of aromatic nitrogens is 2. The van der Waals surface area contributed by atoms with Crippen molar-refractivity contribution in [1.29, 1.82) is 0 Å². The van der Waals surface area contributed by atoms with Crippen LogP contribution in [-0.2, 0) is 16.6 Å². The highest BCUT2D eigenvalue weighted by molar-refractivity contribution is 7.89. The fourth-order valence-electron chi connectivity index (χ4n) is 2.46. The highest BCUT2D eigenvalue weighted by Crippen LogP contribution is 2.21. The fraction of sp³-hybridized carbons (Fsp3) is 0.750. The van der Waals surface area contributed by atoms with Gasteiger partial charge < -0.3 is 10.0 Å². The van der Waals surface area contributed by atoms with E-state index in [1.165, 1.54) is 4.31 Å². The van der Waals surface area contributed by atoms with Crippen molar-refractivity contribution in [2.75, 3.05) is 32.7 Å². The van der Waals surface area contributed by atoms with Crippen molar-refractivity contribution in [3.63, 3.8) is 0 Å². The summed E-state index contributed by atoms with van der Waals surface area (Å²) >= 11 is 0. The molecule has 0 amide bonds. The Hall–Kier alpha value is -0.960. The van der Waals surface area contributed by atoms with E-state index < -0.39 is 10.0 Å². The van der Waals surface area contributed by atoms with E-state index in [-0.39, 0.29) is 11.6 Å². The third-order valence-corrected chi connectivity index (χ3v) is 5.52. The molecule has 2 heterocycles. The van der Waals surface area contributed by atoms with E-state index in [1.807, 2.05) is 0 Å². The summed E-state index contributed by atoms with van der Waals surface area (Å²) in [6, 6.07) is 0. The van der Waals surface area contributed by atoms with Crippen molar-refractivity contribution in [2.24, 2.45) is 0 Å². The molecule has 8 heteroatoms. The first-order valence-corrected chi connectivity index (χ1v) is 8.32. The summed E-state index contributed by atoms with van der Waals surface area (Å²) in [5, 5.41) is 15.8. The molecule has 20 heavy (non-hydrogen) atoms. The van der Waals surface area contributed by atoms with Gasteiger partial charge in [-0.05, 0) is 19.9 Å². The number of nitrogens with one attached hydrogen (secondary N) is 1. The van der Waals surface area contributed by atoms with Gasteiger partial charge in [-0.3, -0.25) is 5.10 Å². The number of rotatable bonds is 5. The number of aliphatic hydroxyl groups is 1. The Labute approximate surface area is 119 Å². The maximum atomic E-state index is 12.6. The van der Waals surface area contributed by atoms with Crippen molar-refractivity contribution in [3.8, 4) is 0 Å². The summed E-state index contributed by atoms with van der Waals surface area (Å²) in [5.41, 5.74) is 0.955. The van der Waals surface area contributed by atoms with Crippen LogP contribution in [0.1, 0.15) is 24.6 Å². The first-order valence-electron chi connectivity index (χ1n) is 6.88. The lowest BCUT2D eigenvalue weighted by Crippen LogP contribution is -2.48. The highest BCUT2D eigenvalue weighted by Gasteiger charge is 2.32. The summed E-state index contributed by atoms with van der Waals surface area (Å²) in [5.74, 6) is 0. The van der Waals surface area contributed by atoms with E-state index in [0.717, 1.165) is 26.1 Å². The molecule has 1 aromatic rings. The molecule has 114 valence electrons. The zero-order valence-electron chi connectivity index (χ0n) is 12.0. The second-order valence-electron chi connectivity index (χ2n) is 5.04. The fourth-order valence-corrected chi connectivity index (χ4v) is 4.04. The van der Waals surface area contributed by atoms with Gasteiger partial charge in [0.2, 0.25) is 0 Å². The first-order chi connectivity index (χ1) is 9.50. The van der Waals surface area contributed by atoms with Crippen LogP contribution < -0.4 is 0 Å². The number of hydrogen-bond acceptors (Lipinski definition) is 5. The van der Waals surface area contributed by atoms with E-state index in [4.69, 9.17) is 0 Å². The summed E-state index contributed by atoms with van der Waals surface area (Å²) in [6.45, 7) is 6.91. The molecular weight excluding hydrogens is 280 g/mol. The Bertz CT molecular complexity index is 547. The molecule has 0 aliphatic carbocycles. The van der Waals surface area contributed by atoms with Crippen molar-refractivity contribution >= 4 is 10.0 Å². The molecule has 1 saturated heterocycles. The summed E-state index contributed by atoms with van der Waals surface area (Å²) in [7, 11) is -3.62. The number of aromatic amines is 1. The van der Waals surface area contributed by atoms with Gasteiger partial charge in [-0.1, -0.05) is 6.92 Å². The van der Waals surface area contributed by atoms with Crippen LogP contribution in [0.2, 0.25) is 0 Å². The highest BCUT2D eigenvalue weighted by atomic mass is 32.2. The molecule has 0 spiro atoms. The SMILES string of the molecule is CCCN1CCN(S(=O)(=O)c2n[nH]c(C)c2CO)CC1. The lowest BCUT2D eigenvalue weighted by molar-refractivity contribution is 0.188. The van der Waals surface area contributed by atoms with Crippen LogP contribution in [0.3, 0.4) is 0 Å². The normalized spacial score (nSPS) is 18.6. The summed E-state index contributed by atoms with van der Waals surface area (Å²) in [4.78, 5) is 2.26. The van der Waals surface area contributed by atoms with Gasteiger partial charge in [0.15, 0.2) is 5.03 Å². The second kappa shape index (κ2) is 6.21. The molecule has 0 aromatic carbocycles. The number of sulfonamides is 1. The monoisotopic (exact) mass is 302 g/mol. The van der Waals surface area contributed by atoms with Crippen molar-refractivity contribution in [1.82, 2.24) is 19.4 Å². The minimum absolute atomic E-state index is 0.0403. The van der Waals surface area contributed by atoms with E-state index in [1.54, 1.807) is 6.92 Å². The maximum absolute atomic E-state index is 12.6. The quantitative estimate of drug-likeness (QED) is 0.794. The Morgan fingerprint density at radius 3 is 2.50 bits per heavy atom. The van der Waals surface area contributed by atoms with Crippen LogP contribution in [0, 0.1) is 6.92 Å². The van der Waals surface area contributed by atoms with E-state index >= 15 is 0 Å². The average Bonchev–Trinajstić information content (AvgIpc) is 2.81. The van der Waals surface area contributed by atoms with Crippen LogP contribution in [0.25, 0.3) is 0 Å². The molecule has 0 radical (unpaired) electrons. The van der Waals surface area contributed by atoms with Crippen LogP contribution >= 0.6 is 0 Å². The molecule has 1 aliphatic rings. The number of aliphatic hydroxyl groups excluding tert-OH is 1. The van der Waals surface area contributed by atoms with Gasteiger partial charge in [0, 0.05) is 37.4 Å². The van der Waals surface area contributed by atoms with Gasteiger partial charge in [-0.15, -0.1) is 0 Å². The number of H-pyrrole nitrogens is 1. The number of aryl methyl sites for hydroxylation is 1. The van der Waals surface area contributed by atoms with Gasteiger partial charge in [0.25, 0.3) is 10.0 Å². The molecule has 7 nitrogen and oxygen atoms in total. The van der Waals surface area contributed by atoms with Gasteiger partial charge in [-0.2, -0.15) is 9.40 Å². The van der Waals surface area contributed by atoms with Gasteiger partial charge in [0.1, 0.15) is 0 Å². The minimum atomic E-state index is -3.62. The van der Waals surface area contributed by atoms with Gasteiger partial charge in [0.05, 0.1) is 6.61 Å². The standard InChI is InChI=1S/C12H22N4O3S/c1-3-4-15-5-7-16(8-6-15)20(18,19)12-11(9-17)10(2)13-14-12/h17H,3-9H2,1-2H3,(H,13,14). The molecule has 0 saturated carbocycles. The molecular formula is C12H22N4O3S. The van der Waals surface area contributed by atoms with Crippen molar-refractivity contribution in [2.45, 2.75) is 31.9 Å². The minimum Gasteiger partial charge on any atom is -0.392 e. The van der Waals surface area contributed by atoms with Crippen LogP contribution in [0.4, 0.5) is 0 Å². The Morgan fingerprint density at radius 2 is 1.95 bits per heavy atom. The Morgan fingerprint density at radius 1 is 1.30 bits per heavy atom. The Balaban J connectivity index is 2.15. The van der Waals surface area contributed by atoms with Crippen LogP contribution in [0.5, 0.6) is 0 Å². The van der Waals surface area contributed by atoms with E-state index in [9.17, 15) is 13.5 Å². The van der Waals surface area contributed by atoms with Crippen LogP contribution in [0.15, 0.2) is 5.03 Å². The molecule has 0 atom stereocenters. The molecule has 1 aromatic heterocycles. The topological polar surface area (TPSA) is 89.5 Å². The van der Waals surface area contributed by atoms with Gasteiger partial charge in [-0.25, -0.2) is 8.42 Å². The first kappa shape index (κ1) is 15.4. The lowest BCUT2D eigenvalue weighted by atomic mass is 10.3. The van der Waals surface area contributed by atoms with Gasteiger partial charge >= 0.3 is 0 Å². The van der Waals surface area contributed by atoms with Crippen molar-refractivity contribution in [3.05, 3.63) is 11.3 Å². The third kappa shape index (κ3) is 2.88. The predicted octanol–water partition coefficient (Wildman–Crippen LogP) is -0.0733.